The zero-order valence-electron chi connectivity index (χ0n) is 16.4. The van der Waals surface area contributed by atoms with Crippen molar-refractivity contribution in [3.05, 3.63) is 63.9 Å². The molecule has 1 atom stereocenters. The molecule has 0 N–H and O–H groups in total. The maximum absolute atomic E-state index is 13.1. The maximum Gasteiger partial charge on any atom is 0.271 e. The van der Waals surface area contributed by atoms with E-state index in [1.165, 1.54) is 0 Å². The van der Waals surface area contributed by atoms with Crippen LogP contribution in [0.25, 0.3) is 17.4 Å². The molecule has 2 aromatic rings. The second kappa shape index (κ2) is 8.31. The number of nitriles is 1. The van der Waals surface area contributed by atoms with Gasteiger partial charge in [0.05, 0.1) is 17.7 Å². The molecule has 6 nitrogen and oxygen atoms in total. The first-order valence-electron chi connectivity index (χ1n) is 9.65. The Kier molecular flexibility index (Phi) is 5.58. The zero-order valence-corrected chi connectivity index (χ0v) is 17.1. The number of furan rings is 1. The Morgan fingerprint density at radius 1 is 1.23 bits per heavy atom. The lowest BCUT2D eigenvalue weighted by Crippen LogP contribution is -2.46. The Morgan fingerprint density at radius 3 is 2.73 bits per heavy atom. The highest BCUT2D eigenvalue weighted by Crippen LogP contribution is 2.32. The van der Waals surface area contributed by atoms with Crippen LogP contribution in [-0.2, 0) is 14.3 Å². The molecule has 0 spiro atoms. The predicted molar refractivity (Wildman–Crippen MR) is 111 cm³/mol. The zero-order chi connectivity index (χ0) is 21.3. The smallest absolute Gasteiger partial charge is 0.271 e. The van der Waals surface area contributed by atoms with Crippen LogP contribution in [0.3, 0.4) is 0 Å². The van der Waals surface area contributed by atoms with Crippen molar-refractivity contribution in [1.82, 2.24) is 4.90 Å². The molecule has 0 bridgehead atoms. The fourth-order valence-electron chi connectivity index (χ4n) is 3.67. The van der Waals surface area contributed by atoms with Crippen molar-refractivity contribution in [1.29, 1.82) is 5.26 Å². The maximum atomic E-state index is 13.1. The molecule has 0 saturated carbocycles. The first-order valence-corrected chi connectivity index (χ1v) is 10.0. The minimum absolute atomic E-state index is 0.0447. The van der Waals surface area contributed by atoms with E-state index >= 15 is 0 Å². The van der Waals surface area contributed by atoms with Gasteiger partial charge in [0.1, 0.15) is 23.2 Å². The molecule has 2 amide bonds. The van der Waals surface area contributed by atoms with E-state index in [0.717, 1.165) is 23.3 Å². The molecule has 0 radical (unpaired) electrons. The van der Waals surface area contributed by atoms with E-state index in [-0.39, 0.29) is 23.8 Å². The lowest BCUT2D eigenvalue weighted by Gasteiger charge is -2.29. The van der Waals surface area contributed by atoms with E-state index in [1.807, 2.05) is 24.3 Å². The van der Waals surface area contributed by atoms with E-state index in [0.29, 0.717) is 28.7 Å². The van der Waals surface area contributed by atoms with Gasteiger partial charge in [-0.15, -0.1) is 0 Å². The van der Waals surface area contributed by atoms with Gasteiger partial charge in [-0.2, -0.15) is 5.26 Å². The summed E-state index contributed by atoms with van der Waals surface area (Å²) in [7, 11) is 0. The quantitative estimate of drug-likeness (QED) is 0.539. The minimum Gasteiger partial charge on any atom is -0.457 e. The van der Waals surface area contributed by atoms with E-state index < -0.39 is 11.8 Å². The first-order chi connectivity index (χ1) is 14.5. The van der Waals surface area contributed by atoms with E-state index in [4.69, 9.17) is 20.8 Å². The molecule has 1 aromatic heterocycles. The van der Waals surface area contributed by atoms with E-state index in [2.05, 4.69) is 0 Å². The van der Waals surface area contributed by atoms with Crippen LogP contribution < -0.4 is 0 Å². The third-order valence-corrected chi connectivity index (χ3v) is 5.62. The van der Waals surface area contributed by atoms with Crippen molar-refractivity contribution in [3.63, 3.8) is 0 Å². The summed E-state index contributed by atoms with van der Waals surface area (Å²) in [6.45, 7) is 2.35. The molecule has 2 aliphatic heterocycles. The van der Waals surface area contributed by atoms with Crippen molar-refractivity contribution < 1.29 is 18.7 Å². The summed E-state index contributed by atoms with van der Waals surface area (Å²) in [6.07, 6.45) is 3.03. The van der Waals surface area contributed by atoms with Crippen LogP contribution in [0.2, 0.25) is 5.02 Å². The minimum atomic E-state index is -0.580. The topological polar surface area (TPSA) is 83.5 Å². The fraction of sp³-hybridized carbons (Fsp3) is 0.261. The third kappa shape index (κ3) is 3.70. The molecule has 152 valence electrons. The number of carbonyl (C=O) groups excluding carboxylic acids is 2. The van der Waals surface area contributed by atoms with Crippen molar-refractivity contribution in [3.8, 4) is 17.4 Å². The summed E-state index contributed by atoms with van der Waals surface area (Å²) in [6, 6.07) is 12.7. The molecule has 1 unspecified atom stereocenters. The molecule has 1 aromatic carbocycles. The first kappa shape index (κ1) is 20.1. The second-order valence-electron chi connectivity index (χ2n) is 7.21. The van der Waals surface area contributed by atoms with Gasteiger partial charge < -0.3 is 9.15 Å². The summed E-state index contributed by atoms with van der Waals surface area (Å²) in [5.41, 5.74) is 1.28. The Balaban J connectivity index is 1.69. The van der Waals surface area contributed by atoms with E-state index in [9.17, 15) is 14.9 Å². The molecule has 3 heterocycles. The van der Waals surface area contributed by atoms with Gasteiger partial charge in [-0.3, -0.25) is 14.5 Å². The van der Waals surface area contributed by atoms with Gasteiger partial charge in [0.25, 0.3) is 11.8 Å². The second-order valence-corrected chi connectivity index (χ2v) is 7.61. The largest absolute Gasteiger partial charge is 0.457 e. The van der Waals surface area contributed by atoms with Crippen LogP contribution >= 0.6 is 11.6 Å². The number of ether oxygens (including phenoxy) is 1. The van der Waals surface area contributed by atoms with Gasteiger partial charge in [0.2, 0.25) is 0 Å². The highest BCUT2D eigenvalue weighted by atomic mass is 35.5. The number of hydrogen-bond acceptors (Lipinski definition) is 5. The molecular formula is C23H19ClN2O4. The summed E-state index contributed by atoms with van der Waals surface area (Å²) in [5, 5.41) is 10.1. The van der Waals surface area contributed by atoms with Gasteiger partial charge in [-0.1, -0.05) is 23.7 Å². The standard InChI is InChI=1S/C23H19ClN2O4/c1-14-18(11-15-8-9-21(30-15)17-6-2-3-7-20(17)24)22(27)26(23(28)19(14)12-25)13-16-5-4-10-29-16/h2-3,6-9,11,16H,4-5,10,13H2,1H3/b18-11+. The monoisotopic (exact) mass is 422 g/mol. The Morgan fingerprint density at radius 2 is 2.03 bits per heavy atom. The van der Waals surface area contributed by atoms with Gasteiger partial charge in [-0.05, 0) is 55.7 Å². The molecule has 4 rings (SSSR count). The highest BCUT2D eigenvalue weighted by Gasteiger charge is 2.37. The number of carbonyl (C=O) groups is 2. The number of halogens is 1. The average molecular weight is 423 g/mol. The number of hydrogen-bond donors (Lipinski definition) is 0. The van der Waals surface area contributed by atoms with Crippen molar-refractivity contribution in [2.75, 3.05) is 13.2 Å². The summed E-state index contributed by atoms with van der Waals surface area (Å²) < 4.78 is 11.4. The van der Waals surface area contributed by atoms with Crippen LogP contribution in [0.5, 0.6) is 0 Å². The lowest BCUT2D eigenvalue weighted by molar-refractivity contribution is -0.142. The average Bonchev–Trinajstić information content (AvgIpc) is 3.41. The van der Waals surface area contributed by atoms with Gasteiger partial charge >= 0.3 is 0 Å². The van der Waals surface area contributed by atoms with Gasteiger partial charge in [0.15, 0.2) is 0 Å². The molecule has 7 heteroatoms. The molecular weight excluding hydrogens is 404 g/mol. The van der Waals surface area contributed by atoms with Gasteiger partial charge in [0, 0.05) is 17.7 Å². The van der Waals surface area contributed by atoms with Crippen LogP contribution in [-0.4, -0.2) is 36.0 Å². The molecule has 1 fully saturated rings. The van der Waals surface area contributed by atoms with Crippen LogP contribution in [0.1, 0.15) is 25.5 Å². The number of imide groups is 1. The number of benzene rings is 1. The Bertz CT molecular complexity index is 1120. The SMILES string of the molecule is CC1=C(C#N)C(=O)N(CC2CCCO2)C(=O)/C1=C/c1ccc(-c2ccccc2Cl)o1. The number of rotatable bonds is 4. The molecule has 0 aliphatic carbocycles. The highest BCUT2D eigenvalue weighted by molar-refractivity contribution is 6.33. The van der Waals surface area contributed by atoms with Crippen molar-refractivity contribution >= 4 is 29.5 Å². The van der Waals surface area contributed by atoms with Crippen LogP contribution in [0.4, 0.5) is 0 Å². The Labute approximate surface area is 179 Å². The normalized spacial score (nSPS) is 20.9. The van der Waals surface area contributed by atoms with Crippen molar-refractivity contribution in [2.45, 2.75) is 25.9 Å². The number of nitrogens with zero attached hydrogens (tertiary/aromatic N) is 2. The summed E-state index contributed by atoms with van der Waals surface area (Å²) in [4.78, 5) is 26.9. The van der Waals surface area contributed by atoms with Crippen LogP contribution in [0, 0.1) is 11.3 Å². The summed E-state index contributed by atoms with van der Waals surface area (Å²) >= 11 is 6.23. The molecule has 2 aliphatic rings. The predicted octanol–water partition coefficient (Wildman–Crippen LogP) is 4.37. The molecule has 1 saturated heterocycles. The lowest BCUT2D eigenvalue weighted by atomic mass is 9.94. The summed E-state index contributed by atoms with van der Waals surface area (Å²) in [5.74, 6) is -0.0481. The van der Waals surface area contributed by atoms with Crippen molar-refractivity contribution in [2.24, 2.45) is 0 Å². The molecule has 30 heavy (non-hydrogen) atoms. The van der Waals surface area contributed by atoms with Gasteiger partial charge in [-0.25, -0.2) is 0 Å². The Hall–Kier alpha value is -3.14. The third-order valence-electron chi connectivity index (χ3n) is 5.29. The number of amides is 2. The van der Waals surface area contributed by atoms with Crippen LogP contribution in [0.15, 0.2) is 57.5 Å². The fourth-order valence-corrected chi connectivity index (χ4v) is 3.89. The van der Waals surface area contributed by atoms with E-state index in [1.54, 1.807) is 31.2 Å².